The van der Waals surface area contributed by atoms with Crippen LogP contribution in [0.25, 0.3) is 0 Å². The van der Waals surface area contributed by atoms with Crippen molar-refractivity contribution in [3.63, 3.8) is 0 Å². The third-order valence-electron chi connectivity index (χ3n) is 6.86. The topological polar surface area (TPSA) is 3.24 Å². The zero-order valence-corrected chi connectivity index (χ0v) is 22.8. The lowest BCUT2D eigenvalue weighted by atomic mass is 10.0. The minimum absolute atomic E-state index is 0.222. The number of hydrogen-bond acceptors (Lipinski definition) is 1. The molecule has 0 heterocycles. The van der Waals surface area contributed by atoms with Crippen molar-refractivity contribution in [1.82, 2.24) is 4.90 Å². The molecule has 0 aliphatic heterocycles. The van der Waals surface area contributed by atoms with Crippen LogP contribution >= 0.6 is 11.6 Å². The minimum Gasteiger partial charge on any atom is -0.294 e. The molecule has 0 aromatic carbocycles. The monoisotopic (exact) mass is 457 g/mol. The average molecular weight is 458 g/mol. The summed E-state index contributed by atoms with van der Waals surface area (Å²) in [5.74, 6) is 0. The third-order valence-corrected chi connectivity index (χ3v) is 7.46. The van der Waals surface area contributed by atoms with Crippen LogP contribution in [0.3, 0.4) is 0 Å². The maximum Gasteiger partial charge on any atom is 0.0845 e. The van der Waals surface area contributed by atoms with Gasteiger partial charge in [0.1, 0.15) is 0 Å². The van der Waals surface area contributed by atoms with Crippen LogP contribution < -0.4 is 0 Å². The summed E-state index contributed by atoms with van der Waals surface area (Å²) < 4.78 is 0. The molecule has 31 heavy (non-hydrogen) atoms. The molecule has 0 spiro atoms. The Balaban J connectivity index is 3.04. The van der Waals surface area contributed by atoms with Gasteiger partial charge in [-0.05, 0) is 20.5 Å². The molecule has 0 saturated carbocycles. The molecule has 0 aliphatic carbocycles. The van der Waals surface area contributed by atoms with Crippen LogP contribution in [-0.2, 0) is 0 Å². The van der Waals surface area contributed by atoms with Gasteiger partial charge in [0, 0.05) is 0 Å². The second kappa shape index (κ2) is 26.5. The van der Waals surface area contributed by atoms with E-state index in [1.165, 1.54) is 154 Å². The first-order valence-electron chi connectivity index (χ1n) is 14.5. The van der Waals surface area contributed by atoms with Crippen LogP contribution in [0.2, 0.25) is 0 Å². The van der Waals surface area contributed by atoms with Gasteiger partial charge in [-0.15, -0.1) is 11.6 Å². The summed E-state index contributed by atoms with van der Waals surface area (Å²) in [5.41, 5.74) is 0.222. The van der Waals surface area contributed by atoms with Crippen molar-refractivity contribution in [3.05, 3.63) is 0 Å². The quantitative estimate of drug-likeness (QED) is 0.0708. The molecule has 2 heteroatoms. The Kier molecular flexibility index (Phi) is 26.7. The Morgan fingerprint density at radius 2 is 0.645 bits per heavy atom. The molecule has 1 nitrogen and oxygen atoms in total. The summed E-state index contributed by atoms with van der Waals surface area (Å²) in [6.07, 6.45) is 35.9. The Bertz CT molecular complexity index is 318. The summed E-state index contributed by atoms with van der Waals surface area (Å²) in [5, 5.41) is 0. The van der Waals surface area contributed by atoms with E-state index < -0.39 is 0 Å². The smallest absolute Gasteiger partial charge is 0.0845 e. The predicted octanol–water partition coefficient (Wildman–Crippen LogP) is 10.9. The lowest BCUT2D eigenvalue weighted by Gasteiger charge is -2.16. The molecule has 0 aliphatic rings. The van der Waals surface area contributed by atoms with E-state index in [-0.39, 0.29) is 5.50 Å². The van der Waals surface area contributed by atoms with Crippen molar-refractivity contribution in [2.75, 3.05) is 14.1 Å². The van der Waals surface area contributed by atoms with E-state index in [1.807, 2.05) is 0 Å². The molecule has 1 unspecified atom stereocenters. The van der Waals surface area contributed by atoms with Gasteiger partial charge in [0.05, 0.1) is 5.50 Å². The zero-order chi connectivity index (χ0) is 22.8. The van der Waals surface area contributed by atoms with Crippen LogP contribution in [0.15, 0.2) is 0 Å². The summed E-state index contributed by atoms with van der Waals surface area (Å²) in [6.45, 7) is 2.30. The van der Waals surface area contributed by atoms with Crippen molar-refractivity contribution >= 4 is 11.6 Å². The van der Waals surface area contributed by atoms with Gasteiger partial charge in [0.25, 0.3) is 0 Å². The van der Waals surface area contributed by atoms with Gasteiger partial charge < -0.3 is 0 Å². The van der Waals surface area contributed by atoms with Crippen LogP contribution in [0.5, 0.6) is 0 Å². The van der Waals surface area contributed by atoms with Gasteiger partial charge in [0.15, 0.2) is 0 Å². The van der Waals surface area contributed by atoms with Crippen molar-refractivity contribution in [2.24, 2.45) is 0 Å². The number of unbranched alkanes of at least 4 members (excludes halogenated alkanes) is 23. The van der Waals surface area contributed by atoms with Crippen molar-refractivity contribution in [1.29, 1.82) is 0 Å². The van der Waals surface area contributed by atoms with E-state index in [4.69, 9.17) is 11.6 Å². The van der Waals surface area contributed by atoms with Crippen LogP contribution in [0.1, 0.15) is 167 Å². The molecule has 0 bridgehead atoms. The standard InChI is InChI=1S/C29H60ClN/c1-4-5-6-7-8-9-10-11-12-13-14-15-16-17-18-19-20-21-22-23-24-25-26-27-28-29(30)31(2)3/h29H,4-28H2,1-3H3. The Hall–Kier alpha value is 0.250. The van der Waals surface area contributed by atoms with Gasteiger partial charge in [-0.2, -0.15) is 0 Å². The molecule has 0 fully saturated rings. The molecular weight excluding hydrogens is 398 g/mol. The number of rotatable bonds is 26. The highest BCUT2D eigenvalue weighted by molar-refractivity contribution is 6.20. The third kappa shape index (κ3) is 26.4. The number of hydrogen-bond donors (Lipinski definition) is 0. The molecule has 0 saturated heterocycles. The van der Waals surface area contributed by atoms with E-state index in [0.717, 1.165) is 6.42 Å². The van der Waals surface area contributed by atoms with E-state index in [2.05, 4.69) is 25.9 Å². The SMILES string of the molecule is CCCCCCCCCCCCCCCCCCCCCCCCCCC(Cl)N(C)C. The second-order valence-electron chi connectivity index (χ2n) is 10.3. The highest BCUT2D eigenvalue weighted by Crippen LogP contribution is 2.16. The normalized spacial score (nSPS) is 12.7. The van der Waals surface area contributed by atoms with Crippen molar-refractivity contribution < 1.29 is 0 Å². The molecular formula is C29H60ClN. The van der Waals surface area contributed by atoms with Crippen molar-refractivity contribution in [2.45, 2.75) is 173 Å². The van der Waals surface area contributed by atoms with Crippen LogP contribution in [0, 0.1) is 0 Å². The summed E-state index contributed by atoms with van der Waals surface area (Å²) in [7, 11) is 4.13. The van der Waals surface area contributed by atoms with Gasteiger partial charge in [0.2, 0.25) is 0 Å². The van der Waals surface area contributed by atoms with Gasteiger partial charge in [-0.3, -0.25) is 4.90 Å². The van der Waals surface area contributed by atoms with E-state index >= 15 is 0 Å². The zero-order valence-electron chi connectivity index (χ0n) is 22.1. The molecule has 1 atom stereocenters. The Morgan fingerprint density at radius 3 is 0.871 bits per heavy atom. The molecule has 0 rings (SSSR count). The van der Waals surface area contributed by atoms with Gasteiger partial charge in [-0.25, -0.2) is 0 Å². The Labute approximate surface area is 203 Å². The van der Waals surface area contributed by atoms with Gasteiger partial charge >= 0.3 is 0 Å². The first-order chi connectivity index (χ1) is 15.2. The lowest BCUT2D eigenvalue weighted by Crippen LogP contribution is -2.21. The Morgan fingerprint density at radius 1 is 0.419 bits per heavy atom. The maximum absolute atomic E-state index is 6.24. The van der Waals surface area contributed by atoms with E-state index in [0.29, 0.717) is 0 Å². The number of alkyl halides is 1. The molecule has 188 valence electrons. The highest BCUT2D eigenvalue weighted by atomic mass is 35.5. The largest absolute Gasteiger partial charge is 0.294 e. The van der Waals surface area contributed by atoms with E-state index in [9.17, 15) is 0 Å². The number of nitrogens with zero attached hydrogens (tertiary/aromatic N) is 1. The summed E-state index contributed by atoms with van der Waals surface area (Å²) in [4.78, 5) is 2.11. The van der Waals surface area contributed by atoms with Crippen LogP contribution in [-0.4, -0.2) is 24.5 Å². The average Bonchev–Trinajstić information content (AvgIpc) is 2.76. The molecule has 0 aromatic heterocycles. The predicted molar refractivity (Wildman–Crippen MR) is 144 cm³/mol. The summed E-state index contributed by atoms with van der Waals surface area (Å²) >= 11 is 6.24. The molecule has 0 amide bonds. The minimum atomic E-state index is 0.222. The fourth-order valence-electron chi connectivity index (χ4n) is 4.53. The fraction of sp³-hybridized carbons (Fsp3) is 1.00. The second-order valence-corrected chi connectivity index (χ2v) is 10.8. The fourth-order valence-corrected chi connectivity index (χ4v) is 4.69. The van der Waals surface area contributed by atoms with Crippen molar-refractivity contribution in [3.8, 4) is 0 Å². The maximum atomic E-state index is 6.24. The van der Waals surface area contributed by atoms with Gasteiger partial charge in [-0.1, -0.05) is 161 Å². The molecule has 0 aromatic rings. The number of halogens is 1. The molecule has 0 radical (unpaired) electrons. The van der Waals surface area contributed by atoms with E-state index in [1.54, 1.807) is 0 Å². The van der Waals surface area contributed by atoms with Crippen LogP contribution in [0.4, 0.5) is 0 Å². The highest BCUT2D eigenvalue weighted by Gasteiger charge is 2.05. The first-order valence-corrected chi connectivity index (χ1v) is 14.9. The first kappa shape index (κ1) is 31.2. The summed E-state index contributed by atoms with van der Waals surface area (Å²) in [6, 6.07) is 0. The lowest BCUT2D eigenvalue weighted by molar-refractivity contribution is 0.351. The molecule has 0 N–H and O–H groups in total.